The number of hydrogen-bond donors (Lipinski definition) is 2. The topological polar surface area (TPSA) is 39.7 Å². The molecule has 0 radical (unpaired) electrons. The summed E-state index contributed by atoms with van der Waals surface area (Å²) in [6.07, 6.45) is 6.15. The molecule has 0 heterocycles. The smallest absolute Gasteiger partial charge is 0.192 e. The summed E-state index contributed by atoms with van der Waals surface area (Å²) in [5.74, 6) is 3.32. The molecule has 0 aromatic heterocycles. The van der Waals surface area contributed by atoms with E-state index in [1.807, 2.05) is 21.0 Å². The number of guanidine groups is 1. The molecule has 0 saturated carbocycles. The fourth-order valence-electron chi connectivity index (χ4n) is 1.73. The van der Waals surface area contributed by atoms with Crippen molar-refractivity contribution in [2.24, 2.45) is 4.99 Å². The van der Waals surface area contributed by atoms with Gasteiger partial charge in [-0.05, 0) is 31.0 Å². The summed E-state index contributed by atoms with van der Waals surface area (Å²) in [7, 11) is 4.08. The van der Waals surface area contributed by atoms with Crippen molar-refractivity contribution in [3.63, 3.8) is 0 Å². The van der Waals surface area contributed by atoms with Crippen LogP contribution in [0.15, 0.2) is 29.3 Å². The Morgan fingerprint density at radius 2 is 1.90 bits per heavy atom. The third kappa shape index (κ3) is 7.81. The largest absolute Gasteiger partial charge is 0.378 e. The van der Waals surface area contributed by atoms with Crippen LogP contribution in [0.3, 0.4) is 0 Å². The molecule has 0 amide bonds. The van der Waals surface area contributed by atoms with E-state index >= 15 is 0 Å². The minimum absolute atomic E-state index is 0. The first-order chi connectivity index (χ1) is 9.67. The summed E-state index contributed by atoms with van der Waals surface area (Å²) >= 11 is 0. The molecule has 21 heavy (non-hydrogen) atoms. The molecule has 0 fully saturated rings. The van der Waals surface area contributed by atoms with Gasteiger partial charge in [0.1, 0.15) is 0 Å². The Labute approximate surface area is 145 Å². The average molecular weight is 400 g/mol. The van der Waals surface area contributed by atoms with Crippen molar-refractivity contribution in [3.05, 3.63) is 29.8 Å². The fraction of sp³-hybridized carbons (Fsp3) is 0.438. The highest BCUT2D eigenvalue weighted by molar-refractivity contribution is 14.0. The number of hydrogen-bond acceptors (Lipinski definition) is 2. The van der Waals surface area contributed by atoms with Gasteiger partial charge in [-0.2, -0.15) is 0 Å². The number of aliphatic imine (C=N–C) groups is 1. The second-order valence-electron chi connectivity index (χ2n) is 4.63. The van der Waals surface area contributed by atoms with Crippen molar-refractivity contribution < 1.29 is 0 Å². The van der Waals surface area contributed by atoms with Crippen LogP contribution in [0.5, 0.6) is 0 Å². The first-order valence-corrected chi connectivity index (χ1v) is 6.89. The average Bonchev–Trinajstić information content (AvgIpc) is 2.45. The van der Waals surface area contributed by atoms with E-state index in [-0.39, 0.29) is 24.0 Å². The zero-order valence-electron chi connectivity index (χ0n) is 13.0. The van der Waals surface area contributed by atoms with E-state index in [4.69, 9.17) is 6.42 Å². The number of nitrogens with zero attached hydrogens (tertiary/aromatic N) is 2. The monoisotopic (exact) mass is 400 g/mol. The molecule has 1 aromatic rings. The molecule has 0 aliphatic heterocycles. The number of halogens is 1. The first kappa shape index (κ1) is 19.6. The number of rotatable bonds is 6. The van der Waals surface area contributed by atoms with E-state index in [0.29, 0.717) is 6.54 Å². The fourth-order valence-corrected chi connectivity index (χ4v) is 1.73. The van der Waals surface area contributed by atoms with E-state index < -0.39 is 0 Å². The molecule has 2 N–H and O–H groups in total. The number of terminal acetylenes is 1. The van der Waals surface area contributed by atoms with Crippen LogP contribution >= 0.6 is 24.0 Å². The molecule has 0 saturated heterocycles. The third-order valence-corrected chi connectivity index (χ3v) is 2.83. The van der Waals surface area contributed by atoms with Gasteiger partial charge in [0.25, 0.3) is 0 Å². The van der Waals surface area contributed by atoms with Gasteiger partial charge in [0, 0.05) is 32.9 Å². The lowest BCUT2D eigenvalue weighted by atomic mass is 10.1. The molecular formula is C16H25IN4. The number of benzene rings is 1. The lowest BCUT2D eigenvalue weighted by molar-refractivity contribution is 0.855. The van der Waals surface area contributed by atoms with Crippen LogP contribution in [0.1, 0.15) is 12.5 Å². The maximum atomic E-state index is 5.23. The minimum atomic E-state index is 0. The second-order valence-corrected chi connectivity index (χ2v) is 4.63. The zero-order valence-corrected chi connectivity index (χ0v) is 15.3. The van der Waals surface area contributed by atoms with E-state index in [2.05, 4.69) is 50.7 Å². The standard InChI is InChI=1S/C16H24N4.HI/c1-5-12-18-16(17-6-2)19-13-11-14-7-9-15(10-8-14)20(3)4;/h1,7-10H,6,11-13H2,2-4H3,(H2,17,18,19);1H. The molecule has 116 valence electrons. The third-order valence-electron chi connectivity index (χ3n) is 2.83. The van der Waals surface area contributed by atoms with Crippen LogP contribution in [0, 0.1) is 12.3 Å². The highest BCUT2D eigenvalue weighted by Crippen LogP contribution is 2.12. The molecule has 0 unspecified atom stereocenters. The Morgan fingerprint density at radius 1 is 1.24 bits per heavy atom. The van der Waals surface area contributed by atoms with E-state index in [1.165, 1.54) is 11.3 Å². The van der Waals surface area contributed by atoms with Gasteiger partial charge >= 0.3 is 0 Å². The van der Waals surface area contributed by atoms with Gasteiger partial charge in [0.05, 0.1) is 6.54 Å². The summed E-state index contributed by atoms with van der Waals surface area (Å²) in [5, 5.41) is 6.24. The van der Waals surface area contributed by atoms with Gasteiger partial charge in [-0.3, -0.25) is 4.99 Å². The molecular weight excluding hydrogens is 375 g/mol. The van der Waals surface area contributed by atoms with Crippen molar-refractivity contribution >= 4 is 35.6 Å². The summed E-state index contributed by atoms with van der Waals surface area (Å²) in [5.41, 5.74) is 2.49. The predicted octanol–water partition coefficient (Wildman–Crippen LogP) is 2.10. The van der Waals surface area contributed by atoms with E-state index in [9.17, 15) is 0 Å². The Morgan fingerprint density at radius 3 is 2.43 bits per heavy atom. The Kier molecular flexibility index (Phi) is 10.5. The second kappa shape index (κ2) is 11.3. The van der Waals surface area contributed by atoms with Crippen LogP contribution in [-0.4, -0.2) is 39.7 Å². The van der Waals surface area contributed by atoms with Gasteiger partial charge in [-0.25, -0.2) is 0 Å². The summed E-state index contributed by atoms with van der Waals surface area (Å²) < 4.78 is 0. The Hall–Kier alpha value is -1.42. The molecule has 0 aliphatic rings. The predicted molar refractivity (Wildman–Crippen MR) is 103 cm³/mol. The van der Waals surface area contributed by atoms with Crippen molar-refractivity contribution in [1.82, 2.24) is 10.6 Å². The summed E-state index contributed by atoms with van der Waals surface area (Å²) in [6.45, 7) is 4.09. The summed E-state index contributed by atoms with van der Waals surface area (Å²) in [6, 6.07) is 8.54. The number of anilines is 1. The maximum absolute atomic E-state index is 5.23. The molecule has 0 bridgehead atoms. The van der Waals surface area contributed by atoms with Crippen molar-refractivity contribution in [2.75, 3.05) is 38.6 Å². The quantitative estimate of drug-likeness (QED) is 0.333. The minimum Gasteiger partial charge on any atom is -0.378 e. The molecule has 1 aromatic carbocycles. The normalized spacial score (nSPS) is 10.3. The van der Waals surface area contributed by atoms with E-state index in [0.717, 1.165) is 25.5 Å². The molecule has 5 heteroatoms. The molecule has 0 aliphatic carbocycles. The highest BCUT2D eigenvalue weighted by Gasteiger charge is 1.98. The maximum Gasteiger partial charge on any atom is 0.192 e. The summed E-state index contributed by atoms with van der Waals surface area (Å²) in [4.78, 5) is 6.58. The van der Waals surface area contributed by atoms with Crippen LogP contribution in [-0.2, 0) is 6.42 Å². The molecule has 4 nitrogen and oxygen atoms in total. The molecule has 0 spiro atoms. The zero-order chi connectivity index (χ0) is 14.8. The van der Waals surface area contributed by atoms with Gasteiger partial charge in [0.15, 0.2) is 5.96 Å². The Balaban J connectivity index is 0.00000400. The van der Waals surface area contributed by atoms with Crippen molar-refractivity contribution in [2.45, 2.75) is 13.3 Å². The van der Waals surface area contributed by atoms with Gasteiger partial charge in [0.2, 0.25) is 0 Å². The number of nitrogens with one attached hydrogen (secondary N) is 2. The van der Waals surface area contributed by atoms with Gasteiger partial charge < -0.3 is 15.5 Å². The van der Waals surface area contributed by atoms with Crippen molar-refractivity contribution in [1.29, 1.82) is 0 Å². The first-order valence-electron chi connectivity index (χ1n) is 6.89. The van der Waals surface area contributed by atoms with Crippen LogP contribution < -0.4 is 15.5 Å². The molecule has 0 atom stereocenters. The lowest BCUT2D eigenvalue weighted by Gasteiger charge is -2.12. The highest BCUT2D eigenvalue weighted by atomic mass is 127. The van der Waals surface area contributed by atoms with E-state index in [1.54, 1.807) is 0 Å². The van der Waals surface area contributed by atoms with Crippen LogP contribution in [0.4, 0.5) is 5.69 Å². The molecule has 1 rings (SSSR count). The lowest BCUT2D eigenvalue weighted by Crippen LogP contribution is -2.37. The van der Waals surface area contributed by atoms with Crippen LogP contribution in [0.2, 0.25) is 0 Å². The van der Waals surface area contributed by atoms with Crippen molar-refractivity contribution in [3.8, 4) is 12.3 Å². The Bertz CT molecular complexity index is 460. The van der Waals surface area contributed by atoms with Crippen LogP contribution in [0.25, 0.3) is 0 Å². The van der Waals surface area contributed by atoms with Gasteiger partial charge in [-0.1, -0.05) is 18.1 Å². The SMILES string of the molecule is C#CCNC(=NCCc1ccc(N(C)C)cc1)NCC.I. The van der Waals surface area contributed by atoms with Gasteiger partial charge in [-0.15, -0.1) is 30.4 Å².